The predicted octanol–water partition coefficient (Wildman–Crippen LogP) is 13.7. The highest BCUT2D eigenvalue weighted by molar-refractivity contribution is 6.06. The minimum absolute atomic E-state index is 0.894. The number of anilines is 3. The van der Waals surface area contributed by atoms with Crippen molar-refractivity contribution in [3.63, 3.8) is 0 Å². The van der Waals surface area contributed by atoms with Gasteiger partial charge in [-0.05, 0) is 99.1 Å². The van der Waals surface area contributed by atoms with E-state index in [1.54, 1.807) is 0 Å². The molecule has 2 heteroatoms. The molecule has 0 aliphatic carbocycles. The zero-order valence-electron chi connectivity index (χ0n) is 27.4. The van der Waals surface area contributed by atoms with Gasteiger partial charge in [-0.15, -0.1) is 0 Å². The summed E-state index contributed by atoms with van der Waals surface area (Å²) in [6, 6.07) is 71.1. The van der Waals surface area contributed by atoms with Gasteiger partial charge in [0, 0.05) is 27.8 Å². The van der Waals surface area contributed by atoms with Crippen LogP contribution in [-0.4, -0.2) is 0 Å². The van der Waals surface area contributed by atoms with Gasteiger partial charge in [0.15, 0.2) is 0 Å². The Labute approximate surface area is 292 Å². The molecule has 9 rings (SSSR count). The van der Waals surface area contributed by atoms with Gasteiger partial charge in [-0.1, -0.05) is 146 Å². The molecule has 0 N–H and O–H groups in total. The van der Waals surface area contributed by atoms with Crippen molar-refractivity contribution in [3.05, 3.63) is 200 Å². The van der Waals surface area contributed by atoms with Gasteiger partial charge < -0.3 is 9.32 Å². The van der Waals surface area contributed by atoms with Crippen LogP contribution in [0, 0.1) is 0 Å². The molecule has 50 heavy (non-hydrogen) atoms. The fraction of sp³-hybridized carbons (Fsp3) is 0. The normalized spacial score (nSPS) is 11.2. The molecular formula is C48H33NO. The summed E-state index contributed by atoms with van der Waals surface area (Å²) in [5, 5.41) is 2.27. The Morgan fingerprint density at radius 3 is 1.34 bits per heavy atom. The number of para-hydroxylation sites is 1. The van der Waals surface area contributed by atoms with Gasteiger partial charge in [0.1, 0.15) is 11.2 Å². The SMILES string of the molecule is c1ccc(-c2ccc(N(c3ccc(-c4ccccc4)cc3)c3ccc(-c4ccc5c(c4)oc4ccccc45)c(-c4ccccc4)c3)cc2)cc1. The van der Waals surface area contributed by atoms with E-state index in [9.17, 15) is 0 Å². The lowest BCUT2D eigenvalue weighted by molar-refractivity contribution is 0.669. The number of rotatable bonds is 7. The number of hydrogen-bond donors (Lipinski definition) is 0. The molecule has 8 aromatic carbocycles. The third-order valence-electron chi connectivity index (χ3n) is 9.50. The van der Waals surface area contributed by atoms with Crippen LogP contribution in [0.5, 0.6) is 0 Å². The van der Waals surface area contributed by atoms with Crippen LogP contribution in [-0.2, 0) is 0 Å². The monoisotopic (exact) mass is 639 g/mol. The van der Waals surface area contributed by atoms with Crippen LogP contribution in [0.15, 0.2) is 205 Å². The maximum absolute atomic E-state index is 6.31. The Morgan fingerprint density at radius 1 is 0.280 bits per heavy atom. The van der Waals surface area contributed by atoms with Crippen LogP contribution in [0.3, 0.4) is 0 Å². The van der Waals surface area contributed by atoms with Crippen molar-refractivity contribution in [2.45, 2.75) is 0 Å². The molecule has 9 aromatic rings. The first-order chi connectivity index (χ1) is 24.8. The van der Waals surface area contributed by atoms with Crippen LogP contribution < -0.4 is 4.90 Å². The van der Waals surface area contributed by atoms with E-state index >= 15 is 0 Å². The van der Waals surface area contributed by atoms with Gasteiger partial charge in [0.25, 0.3) is 0 Å². The third-order valence-corrected chi connectivity index (χ3v) is 9.50. The summed E-state index contributed by atoms with van der Waals surface area (Å²) >= 11 is 0. The standard InChI is InChI=1S/C48H33NO/c1-4-12-34(13-5-1)36-20-25-40(26-21-36)49(41-27-22-37(23-28-41)35-14-6-2-7-15-35)42-29-31-43(46(33-42)38-16-8-3-9-17-38)39-24-30-45-44-18-10-11-19-47(44)50-48(45)32-39/h1-33H. The van der Waals surface area contributed by atoms with E-state index < -0.39 is 0 Å². The molecule has 0 unspecified atom stereocenters. The molecule has 0 amide bonds. The lowest BCUT2D eigenvalue weighted by Crippen LogP contribution is -2.10. The fourth-order valence-corrected chi connectivity index (χ4v) is 6.99. The molecule has 0 atom stereocenters. The second kappa shape index (κ2) is 12.8. The van der Waals surface area contributed by atoms with Crippen molar-refractivity contribution >= 4 is 39.0 Å². The first kappa shape index (κ1) is 29.5. The summed E-state index contributed by atoms with van der Waals surface area (Å²) in [5.74, 6) is 0. The van der Waals surface area contributed by atoms with Gasteiger partial charge in [-0.2, -0.15) is 0 Å². The van der Waals surface area contributed by atoms with Crippen LogP contribution in [0.2, 0.25) is 0 Å². The topological polar surface area (TPSA) is 16.4 Å². The van der Waals surface area contributed by atoms with Crippen molar-refractivity contribution in [1.82, 2.24) is 0 Å². The molecule has 0 aliphatic rings. The second-order valence-electron chi connectivity index (χ2n) is 12.6. The van der Waals surface area contributed by atoms with Gasteiger partial charge in [-0.3, -0.25) is 0 Å². The molecule has 1 heterocycles. The maximum atomic E-state index is 6.31. The molecule has 2 nitrogen and oxygen atoms in total. The molecule has 0 radical (unpaired) electrons. The highest BCUT2D eigenvalue weighted by Crippen LogP contribution is 2.42. The average Bonchev–Trinajstić information content (AvgIpc) is 3.57. The zero-order chi connectivity index (χ0) is 33.3. The fourth-order valence-electron chi connectivity index (χ4n) is 6.99. The van der Waals surface area contributed by atoms with Gasteiger partial charge >= 0.3 is 0 Å². The first-order valence-corrected chi connectivity index (χ1v) is 17.0. The summed E-state index contributed by atoms with van der Waals surface area (Å²) in [5.41, 5.74) is 14.4. The van der Waals surface area contributed by atoms with Gasteiger partial charge in [0.05, 0.1) is 0 Å². The molecule has 0 spiro atoms. The molecule has 0 fully saturated rings. The maximum Gasteiger partial charge on any atom is 0.136 e. The van der Waals surface area contributed by atoms with E-state index in [-0.39, 0.29) is 0 Å². The predicted molar refractivity (Wildman–Crippen MR) is 210 cm³/mol. The molecule has 0 bridgehead atoms. The van der Waals surface area contributed by atoms with Crippen LogP contribution in [0.4, 0.5) is 17.1 Å². The molecule has 0 aliphatic heterocycles. The van der Waals surface area contributed by atoms with E-state index in [0.29, 0.717) is 0 Å². The Balaban J connectivity index is 1.19. The lowest BCUT2D eigenvalue weighted by atomic mass is 9.93. The highest BCUT2D eigenvalue weighted by atomic mass is 16.3. The van der Waals surface area contributed by atoms with E-state index in [1.807, 2.05) is 12.1 Å². The largest absolute Gasteiger partial charge is 0.456 e. The Bertz CT molecular complexity index is 2470. The average molecular weight is 640 g/mol. The quantitative estimate of drug-likeness (QED) is 0.173. The van der Waals surface area contributed by atoms with E-state index in [4.69, 9.17) is 4.42 Å². The van der Waals surface area contributed by atoms with Gasteiger partial charge in [0.2, 0.25) is 0 Å². The third kappa shape index (κ3) is 5.53. The van der Waals surface area contributed by atoms with Gasteiger partial charge in [-0.25, -0.2) is 0 Å². The highest BCUT2D eigenvalue weighted by Gasteiger charge is 2.18. The summed E-state index contributed by atoms with van der Waals surface area (Å²) in [6.07, 6.45) is 0. The van der Waals surface area contributed by atoms with Crippen molar-refractivity contribution < 1.29 is 4.42 Å². The second-order valence-corrected chi connectivity index (χ2v) is 12.6. The summed E-state index contributed by atoms with van der Waals surface area (Å²) in [6.45, 7) is 0. The number of furan rings is 1. The van der Waals surface area contributed by atoms with E-state index in [0.717, 1.165) is 61.3 Å². The minimum Gasteiger partial charge on any atom is -0.456 e. The first-order valence-electron chi connectivity index (χ1n) is 17.0. The number of hydrogen-bond acceptors (Lipinski definition) is 2. The van der Waals surface area contributed by atoms with E-state index in [2.05, 4.69) is 193 Å². The number of nitrogens with zero attached hydrogens (tertiary/aromatic N) is 1. The number of benzene rings is 8. The molecule has 0 saturated carbocycles. The van der Waals surface area contributed by atoms with Crippen molar-refractivity contribution in [2.24, 2.45) is 0 Å². The Hall–Kier alpha value is -6.64. The summed E-state index contributed by atoms with van der Waals surface area (Å²) in [4.78, 5) is 2.35. The van der Waals surface area contributed by atoms with E-state index in [1.165, 1.54) is 22.3 Å². The molecule has 1 aromatic heterocycles. The van der Waals surface area contributed by atoms with Crippen molar-refractivity contribution in [2.75, 3.05) is 4.90 Å². The Morgan fingerprint density at radius 2 is 0.740 bits per heavy atom. The zero-order valence-corrected chi connectivity index (χ0v) is 27.4. The molecular weight excluding hydrogens is 607 g/mol. The van der Waals surface area contributed by atoms with Crippen molar-refractivity contribution in [3.8, 4) is 44.5 Å². The smallest absolute Gasteiger partial charge is 0.136 e. The van der Waals surface area contributed by atoms with Crippen LogP contribution in [0.1, 0.15) is 0 Å². The summed E-state index contributed by atoms with van der Waals surface area (Å²) < 4.78 is 6.31. The minimum atomic E-state index is 0.894. The van der Waals surface area contributed by atoms with Crippen molar-refractivity contribution in [1.29, 1.82) is 0 Å². The lowest BCUT2D eigenvalue weighted by Gasteiger charge is -2.27. The number of fused-ring (bicyclic) bond motifs is 3. The molecule has 236 valence electrons. The molecule has 0 saturated heterocycles. The van der Waals surface area contributed by atoms with Crippen LogP contribution >= 0.6 is 0 Å². The Kier molecular flexibility index (Phi) is 7.53. The van der Waals surface area contributed by atoms with Crippen LogP contribution in [0.25, 0.3) is 66.4 Å². The summed E-state index contributed by atoms with van der Waals surface area (Å²) in [7, 11) is 0.